The maximum absolute atomic E-state index is 15.0. The highest BCUT2D eigenvalue weighted by Gasteiger charge is 2.33. The molecule has 2 N–H and O–H groups in total. The summed E-state index contributed by atoms with van der Waals surface area (Å²) in [5, 5.41) is 17.0. The molecule has 1 aromatic heterocycles. The van der Waals surface area contributed by atoms with Crippen molar-refractivity contribution in [2.24, 2.45) is 5.92 Å². The van der Waals surface area contributed by atoms with Gasteiger partial charge in [0.05, 0.1) is 16.3 Å². The van der Waals surface area contributed by atoms with Crippen LogP contribution >= 0.6 is 11.6 Å². The predicted octanol–water partition coefficient (Wildman–Crippen LogP) is 5.64. The van der Waals surface area contributed by atoms with E-state index in [1.807, 2.05) is 0 Å². The van der Waals surface area contributed by atoms with Crippen LogP contribution in [0.2, 0.25) is 5.02 Å². The first-order valence-electron chi connectivity index (χ1n) is 11.6. The van der Waals surface area contributed by atoms with E-state index >= 15 is 8.78 Å². The Kier molecular flexibility index (Phi) is 8.20. The molecule has 1 heterocycles. The maximum atomic E-state index is 15.0. The molecule has 0 aliphatic heterocycles. The van der Waals surface area contributed by atoms with Crippen molar-refractivity contribution < 1.29 is 27.8 Å². The number of alkyl carbamates (subject to hydrolysis) is 1. The van der Waals surface area contributed by atoms with Crippen LogP contribution in [0.1, 0.15) is 58.6 Å². The zero-order valence-corrected chi connectivity index (χ0v) is 21.0. The molecule has 1 aliphatic carbocycles. The third-order valence-corrected chi connectivity index (χ3v) is 6.26. The second kappa shape index (κ2) is 10.8. The summed E-state index contributed by atoms with van der Waals surface area (Å²) in [5.41, 5.74) is -1.19. The molecule has 35 heavy (non-hydrogen) atoms. The van der Waals surface area contributed by atoms with Crippen LogP contribution in [0.15, 0.2) is 24.4 Å². The van der Waals surface area contributed by atoms with Crippen molar-refractivity contribution in [3.63, 3.8) is 0 Å². The molecule has 1 aliphatic rings. The molecular formula is C25H30ClF2N3O4. The topological polar surface area (TPSA) is 94.4 Å². The molecule has 0 spiro atoms. The van der Waals surface area contributed by atoms with E-state index < -0.39 is 35.3 Å². The van der Waals surface area contributed by atoms with Crippen molar-refractivity contribution in [1.82, 2.24) is 5.32 Å². The van der Waals surface area contributed by atoms with Gasteiger partial charge in [0.25, 0.3) is 0 Å². The number of hydrogen-bond donors (Lipinski definition) is 2. The number of halogens is 3. The average Bonchev–Trinajstić information content (AvgIpc) is 2.77. The highest BCUT2D eigenvalue weighted by molar-refractivity contribution is 6.33. The summed E-state index contributed by atoms with van der Waals surface area (Å²) in [5.74, 6) is -2.61. The van der Waals surface area contributed by atoms with Crippen molar-refractivity contribution in [2.75, 3.05) is 5.32 Å². The molecule has 3 rings (SSSR count). The Morgan fingerprint density at radius 1 is 1.17 bits per heavy atom. The van der Waals surface area contributed by atoms with E-state index in [2.05, 4.69) is 10.6 Å². The molecule has 2 amide bonds. The Bertz CT molecular complexity index is 1110. The maximum Gasteiger partial charge on any atom is 0.408 e. The molecule has 1 fully saturated rings. The number of ether oxygens (including phenoxy) is 1. The number of nitrogens with one attached hydrogen (secondary N) is 2. The van der Waals surface area contributed by atoms with Crippen LogP contribution in [0, 0.1) is 29.7 Å². The van der Waals surface area contributed by atoms with E-state index in [9.17, 15) is 14.8 Å². The van der Waals surface area contributed by atoms with Gasteiger partial charge >= 0.3 is 6.09 Å². The Hall–Kier alpha value is -2.94. The number of carbonyl (C=O) groups is 2. The second-order valence-corrected chi connectivity index (χ2v) is 10.2. The van der Waals surface area contributed by atoms with Crippen molar-refractivity contribution >= 4 is 29.3 Å². The van der Waals surface area contributed by atoms with Crippen molar-refractivity contribution in [2.45, 2.75) is 71.4 Å². The predicted molar refractivity (Wildman–Crippen MR) is 129 cm³/mol. The van der Waals surface area contributed by atoms with Gasteiger partial charge in [-0.3, -0.25) is 4.79 Å². The summed E-state index contributed by atoms with van der Waals surface area (Å²) in [6.07, 6.45) is 4.68. The van der Waals surface area contributed by atoms with Gasteiger partial charge in [0.2, 0.25) is 5.91 Å². The van der Waals surface area contributed by atoms with E-state index in [0.29, 0.717) is 17.6 Å². The van der Waals surface area contributed by atoms with Crippen LogP contribution in [0.4, 0.5) is 19.3 Å². The lowest BCUT2D eigenvalue weighted by Crippen LogP contribution is -2.50. The zero-order valence-electron chi connectivity index (χ0n) is 20.2. The first kappa shape index (κ1) is 26.7. The molecule has 1 atom stereocenters. The molecule has 1 aromatic carbocycles. The number of carbonyl (C=O) groups excluding carboxylic acids is 2. The van der Waals surface area contributed by atoms with E-state index in [1.54, 1.807) is 20.8 Å². The summed E-state index contributed by atoms with van der Waals surface area (Å²) >= 11 is 6.14. The lowest BCUT2D eigenvalue weighted by molar-refractivity contribution is -0.611. The fourth-order valence-corrected chi connectivity index (χ4v) is 4.57. The highest BCUT2D eigenvalue weighted by atomic mass is 35.5. The number of amides is 2. The average molecular weight is 510 g/mol. The van der Waals surface area contributed by atoms with Crippen LogP contribution in [-0.4, -0.2) is 23.6 Å². The second-order valence-electron chi connectivity index (χ2n) is 9.77. The van der Waals surface area contributed by atoms with Crippen molar-refractivity contribution in [3.8, 4) is 11.1 Å². The number of hydrogen-bond acceptors (Lipinski definition) is 4. The molecule has 0 bridgehead atoms. The van der Waals surface area contributed by atoms with Crippen LogP contribution in [0.5, 0.6) is 0 Å². The number of pyridine rings is 1. The van der Waals surface area contributed by atoms with Crippen LogP contribution in [0.3, 0.4) is 0 Å². The first-order valence-corrected chi connectivity index (χ1v) is 11.9. The summed E-state index contributed by atoms with van der Waals surface area (Å²) in [7, 11) is 0. The van der Waals surface area contributed by atoms with E-state index in [4.69, 9.17) is 16.3 Å². The fraction of sp³-hybridized carbons (Fsp3) is 0.480. The molecule has 0 unspecified atom stereocenters. The normalized spacial score (nSPS) is 15.4. The van der Waals surface area contributed by atoms with Gasteiger partial charge in [-0.2, -0.15) is 4.73 Å². The molecule has 190 valence electrons. The Labute approximate surface area is 208 Å². The van der Waals surface area contributed by atoms with Gasteiger partial charge in [-0.05, 0) is 45.6 Å². The van der Waals surface area contributed by atoms with Crippen molar-refractivity contribution in [1.29, 1.82) is 0 Å². The van der Waals surface area contributed by atoms with Gasteiger partial charge in [-0.1, -0.05) is 30.9 Å². The standard InChI is InChI=1S/C25H30ClF2N3O4/c1-14-21(17(26)10-11-31(14)34)16-12-19(28)20(13-18(16)27)29-23(32)22(15-8-6-5-7-9-15)30-24(33)35-25(2,3)4/h10-13,15,22H,5-9H2,1-4H3,(H,29,32)(H,30,33)/t22-/m0/s1. The minimum absolute atomic E-state index is 0.0603. The van der Waals surface area contributed by atoms with Crippen molar-refractivity contribution in [3.05, 3.63) is 52.0 Å². The van der Waals surface area contributed by atoms with Gasteiger partial charge < -0.3 is 20.6 Å². The number of nitrogens with zero attached hydrogens (tertiary/aromatic N) is 1. The molecule has 0 saturated heterocycles. The summed E-state index contributed by atoms with van der Waals surface area (Å²) in [4.78, 5) is 25.5. The molecule has 7 nitrogen and oxygen atoms in total. The van der Waals surface area contributed by atoms with E-state index in [1.165, 1.54) is 19.2 Å². The smallest absolute Gasteiger partial charge is 0.408 e. The third-order valence-electron chi connectivity index (χ3n) is 5.95. The molecular weight excluding hydrogens is 480 g/mol. The summed E-state index contributed by atoms with van der Waals surface area (Å²) in [6.45, 7) is 6.56. The van der Waals surface area contributed by atoms with Crippen LogP contribution in [0.25, 0.3) is 11.1 Å². The Morgan fingerprint density at radius 3 is 2.46 bits per heavy atom. The van der Waals surface area contributed by atoms with E-state index in [-0.39, 0.29) is 33.4 Å². The zero-order chi connectivity index (χ0) is 25.9. The minimum atomic E-state index is -0.975. The van der Waals surface area contributed by atoms with Crippen LogP contribution < -0.4 is 15.4 Å². The quantitative estimate of drug-likeness (QED) is 0.403. The number of aromatic nitrogens is 1. The third kappa shape index (κ3) is 6.60. The fourth-order valence-electron chi connectivity index (χ4n) is 4.28. The Balaban J connectivity index is 1.88. The van der Waals surface area contributed by atoms with Crippen LogP contribution in [-0.2, 0) is 9.53 Å². The number of rotatable bonds is 5. The van der Waals surface area contributed by atoms with Gasteiger partial charge in [0.15, 0.2) is 11.9 Å². The minimum Gasteiger partial charge on any atom is -0.618 e. The SMILES string of the molecule is Cc1c(-c2cc(F)c(NC(=O)[C@@H](NC(=O)OC(C)(C)C)C3CCCCC3)cc2F)c(Cl)cc[n+]1[O-]. The summed E-state index contributed by atoms with van der Waals surface area (Å²) < 4.78 is 35.8. The lowest BCUT2D eigenvalue weighted by Gasteiger charge is -2.31. The van der Waals surface area contributed by atoms with E-state index in [0.717, 1.165) is 31.4 Å². The van der Waals surface area contributed by atoms with Gasteiger partial charge in [0, 0.05) is 24.6 Å². The molecule has 10 heteroatoms. The first-order chi connectivity index (χ1) is 16.4. The lowest BCUT2D eigenvalue weighted by atomic mass is 9.83. The Morgan fingerprint density at radius 2 is 1.83 bits per heavy atom. The largest absolute Gasteiger partial charge is 0.618 e. The van der Waals surface area contributed by atoms with Gasteiger partial charge in [0.1, 0.15) is 23.3 Å². The number of anilines is 1. The molecule has 1 saturated carbocycles. The number of benzene rings is 1. The molecule has 0 radical (unpaired) electrons. The highest BCUT2D eigenvalue weighted by Crippen LogP contribution is 2.34. The van der Waals surface area contributed by atoms with Gasteiger partial charge in [-0.15, -0.1) is 0 Å². The molecule has 2 aromatic rings. The summed E-state index contributed by atoms with van der Waals surface area (Å²) in [6, 6.07) is 2.04. The monoisotopic (exact) mass is 509 g/mol. The van der Waals surface area contributed by atoms with Gasteiger partial charge in [-0.25, -0.2) is 13.6 Å².